The summed E-state index contributed by atoms with van der Waals surface area (Å²) < 4.78 is 28.1. The Morgan fingerprint density at radius 2 is 1.94 bits per heavy atom. The molecule has 1 heterocycles. The quantitative estimate of drug-likeness (QED) is 0.800. The molecule has 6 heteroatoms. The first-order chi connectivity index (χ1) is 8.00. The van der Waals surface area contributed by atoms with E-state index in [1.165, 1.54) is 4.31 Å². The van der Waals surface area contributed by atoms with Crippen molar-refractivity contribution in [1.82, 2.24) is 4.31 Å². The number of nitrogens with zero attached hydrogens (tertiary/aromatic N) is 1. The van der Waals surface area contributed by atoms with Gasteiger partial charge in [0, 0.05) is 18.8 Å². The van der Waals surface area contributed by atoms with Crippen LogP contribution in [0.2, 0.25) is 0 Å². The van der Waals surface area contributed by atoms with Gasteiger partial charge in [0.25, 0.3) is 0 Å². The lowest BCUT2D eigenvalue weighted by atomic mass is 10.2. The van der Waals surface area contributed by atoms with Crippen molar-refractivity contribution >= 4 is 21.6 Å². The Hall–Kier alpha value is -1.27. The number of hydrogen-bond donors (Lipinski definition) is 2. The molecule has 0 atom stereocenters. The molecule has 3 N–H and O–H groups in total. The molecule has 94 valence electrons. The summed E-state index contributed by atoms with van der Waals surface area (Å²) in [5.41, 5.74) is 7.65. The predicted octanol–water partition coefficient (Wildman–Crippen LogP) is 1.33. The standard InChI is InChI=1S/C11H17N3O2S/c1-9-10(12)5-4-6-11(9)13-17(15,16)14-7-2-3-8-14/h4-6,13H,2-3,7-8,12H2,1H3. The molecule has 0 aromatic heterocycles. The van der Waals surface area contributed by atoms with Gasteiger partial charge >= 0.3 is 10.2 Å². The van der Waals surface area contributed by atoms with E-state index in [2.05, 4.69) is 4.72 Å². The molecule has 0 unspecified atom stereocenters. The molecule has 1 fully saturated rings. The summed E-state index contributed by atoms with van der Waals surface area (Å²) in [5.74, 6) is 0. The van der Waals surface area contributed by atoms with Crippen molar-refractivity contribution in [1.29, 1.82) is 0 Å². The largest absolute Gasteiger partial charge is 0.398 e. The molecule has 2 rings (SSSR count). The van der Waals surface area contributed by atoms with Gasteiger partial charge in [0.15, 0.2) is 0 Å². The zero-order valence-corrected chi connectivity index (χ0v) is 10.6. The third kappa shape index (κ3) is 2.53. The van der Waals surface area contributed by atoms with Crippen molar-refractivity contribution in [3.05, 3.63) is 23.8 Å². The van der Waals surface area contributed by atoms with Gasteiger partial charge in [0.05, 0.1) is 5.69 Å². The number of rotatable bonds is 3. The summed E-state index contributed by atoms with van der Waals surface area (Å²) in [6.45, 7) is 2.99. The molecule has 0 spiro atoms. The predicted molar refractivity (Wildman–Crippen MR) is 68.9 cm³/mol. The molecule has 5 nitrogen and oxygen atoms in total. The minimum Gasteiger partial charge on any atom is -0.398 e. The second kappa shape index (κ2) is 4.54. The van der Waals surface area contributed by atoms with Crippen LogP contribution in [0.1, 0.15) is 18.4 Å². The smallest absolute Gasteiger partial charge is 0.301 e. The Kier molecular flexibility index (Phi) is 3.26. The van der Waals surface area contributed by atoms with Crippen LogP contribution in [0.15, 0.2) is 18.2 Å². The van der Waals surface area contributed by atoms with Crippen molar-refractivity contribution < 1.29 is 8.42 Å². The number of nitrogens with one attached hydrogen (secondary N) is 1. The minimum atomic E-state index is -3.42. The van der Waals surface area contributed by atoms with Crippen LogP contribution < -0.4 is 10.5 Å². The van der Waals surface area contributed by atoms with E-state index in [-0.39, 0.29) is 0 Å². The number of nitrogens with two attached hydrogens (primary N) is 1. The first-order valence-corrected chi connectivity index (χ1v) is 7.08. The van der Waals surface area contributed by atoms with E-state index in [0.717, 1.165) is 18.4 Å². The van der Waals surface area contributed by atoms with E-state index < -0.39 is 10.2 Å². The highest BCUT2D eigenvalue weighted by atomic mass is 32.2. The molecule has 1 aromatic carbocycles. The lowest BCUT2D eigenvalue weighted by Crippen LogP contribution is -2.33. The van der Waals surface area contributed by atoms with Crippen molar-refractivity contribution in [3.8, 4) is 0 Å². The zero-order chi connectivity index (χ0) is 12.5. The van der Waals surface area contributed by atoms with Crippen molar-refractivity contribution in [2.24, 2.45) is 0 Å². The van der Waals surface area contributed by atoms with E-state index in [0.29, 0.717) is 24.5 Å². The van der Waals surface area contributed by atoms with Crippen molar-refractivity contribution in [3.63, 3.8) is 0 Å². The third-order valence-electron chi connectivity index (χ3n) is 3.02. The molecule has 0 saturated carbocycles. The maximum absolute atomic E-state index is 12.0. The second-order valence-corrected chi connectivity index (χ2v) is 5.90. The number of nitrogen functional groups attached to an aromatic ring is 1. The van der Waals surface area contributed by atoms with Crippen molar-refractivity contribution in [2.45, 2.75) is 19.8 Å². The highest BCUT2D eigenvalue weighted by molar-refractivity contribution is 7.90. The third-order valence-corrected chi connectivity index (χ3v) is 4.54. The van der Waals surface area contributed by atoms with Gasteiger partial charge in [0.1, 0.15) is 0 Å². The topological polar surface area (TPSA) is 75.4 Å². The molecule has 0 amide bonds. The minimum absolute atomic E-state index is 0.553. The second-order valence-electron chi connectivity index (χ2n) is 4.23. The average molecular weight is 255 g/mol. The molecular formula is C11H17N3O2S. The molecule has 1 aromatic rings. The van der Waals surface area contributed by atoms with Crippen molar-refractivity contribution in [2.75, 3.05) is 23.5 Å². The van der Waals surface area contributed by atoms with Gasteiger partial charge in [0.2, 0.25) is 0 Å². The fourth-order valence-electron chi connectivity index (χ4n) is 1.90. The van der Waals surface area contributed by atoms with E-state index in [9.17, 15) is 8.42 Å². The Morgan fingerprint density at radius 3 is 2.59 bits per heavy atom. The van der Waals surface area contributed by atoms with Gasteiger partial charge in [-0.3, -0.25) is 4.72 Å². The Balaban J connectivity index is 2.23. The van der Waals surface area contributed by atoms with E-state index >= 15 is 0 Å². The van der Waals surface area contributed by atoms with Crippen LogP contribution in [0.25, 0.3) is 0 Å². The van der Waals surface area contributed by atoms with E-state index in [1.54, 1.807) is 25.1 Å². The molecule has 0 radical (unpaired) electrons. The van der Waals surface area contributed by atoms with Gasteiger partial charge in [-0.05, 0) is 37.5 Å². The summed E-state index contributed by atoms with van der Waals surface area (Å²) in [4.78, 5) is 0. The summed E-state index contributed by atoms with van der Waals surface area (Å²) >= 11 is 0. The average Bonchev–Trinajstić information content (AvgIpc) is 2.78. The highest BCUT2D eigenvalue weighted by Crippen LogP contribution is 2.23. The molecule has 0 bridgehead atoms. The summed E-state index contributed by atoms with van der Waals surface area (Å²) in [5, 5.41) is 0. The molecule has 0 aliphatic carbocycles. The van der Waals surface area contributed by atoms with Gasteiger partial charge < -0.3 is 5.73 Å². The highest BCUT2D eigenvalue weighted by Gasteiger charge is 2.25. The Labute approximate surface area is 102 Å². The van der Waals surface area contributed by atoms with Gasteiger partial charge in [-0.1, -0.05) is 6.07 Å². The van der Waals surface area contributed by atoms with Gasteiger partial charge in [-0.25, -0.2) is 0 Å². The normalized spacial score (nSPS) is 17.2. The first-order valence-electron chi connectivity index (χ1n) is 5.64. The number of benzene rings is 1. The molecule has 17 heavy (non-hydrogen) atoms. The van der Waals surface area contributed by atoms with Crippen LogP contribution in [0, 0.1) is 6.92 Å². The molecule has 1 saturated heterocycles. The monoisotopic (exact) mass is 255 g/mol. The van der Waals surface area contributed by atoms with Gasteiger partial charge in [-0.15, -0.1) is 0 Å². The van der Waals surface area contributed by atoms with Crippen LogP contribution >= 0.6 is 0 Å². The Bertz CT molecular complexity index is 507. The van der Waals surface area contributed by atoms with Crippen LogP contribution in [-0.4, -0.2) is 25.8 Å². The van der Waals surface area contributed by atoms with Gasteiger partial charge in [-0.2, -0.15) is 12.7 Å². The van der Waals surface area contributed by atoms with Crippen LogP contribution in [0.5, 0.6) is 0 Å². The fraction of sp³-hybridized carbons (Fsp3) is 0.455. The SMILES string of the molecule is Cc1c(N)cccc1NS(=O)(=O)N1CCCC1. The summed E-state index contributed by atoms with van der Waals surface area (Å²) in [7, 11) is -3.42. The molecule has 1 aliphatic heterocycles. The van der Waals surface area contributed by atoms with E-state index in [1.807, 2.05) is 0 Å². The first kappa shape index (κ1) is 12.2. The zero-order valence-electron chi connectivity index (χ0n) is 9.81. The summed E-state index contributed by atoms with van der Waals surface area (Å²) in [6, 6.07) is 5.21. The maximum Gasteiger partial charge on any atom is 0.301 e. The van der Waals surface area contributed by atoms with Crippen LogP contribution in [0.4, 0.5) is 11.4 Å². The fourth-order valence-corrected chi connectivity index (χ4v) is 3.26. The lowest BCUT2D eigenvalue weighted by Gasteiger charge is -2.18. The molecular weight excluding hydrogens is 238 g/mol. The molecule has 1 aliphatic rings. The van der Waals surface area contributed by atoms with Crippen LogP contribution in [0.3, 0.4) is 0 Å². The lowest BCUT2D eigenvalue weighted by molar-refractivity contribution is 0.482. The Morgan fingerprint density at radius 1 is 1.29 bits per heavy atom. The number of anilines is 2. The van der Waals surface area contributed by atoms with Crippen LogP contribution in [-0.2, 0) is 10.2 Å². The summed E-state index contributed by atoms with van der Waals surface area (Å²) in [6.07, 6.45) is 1.85. The number of hydrogen-bond acceptors (Lipinski definition) is 3. The maximum atomic E-state index is 12.0. The van der Waals surface area contributed by atoms with E-state index in [4.69, 9.17) is 5.73 Å².